The minimum Gasteiger partial charge on any atom is -0.336 e. The van der Waals surface area contributed by atoms with Crippen LogP contribution in [0.4, 0.5) is 4.79 Å². The zero-order chi connectivity index (χ0) is 11.9. The molecule has 0 atom stereocenters. The lowest BCUT2D eigenvalue weighted by atomic mass is 9.49. The molecule has 4 aliphatic rings. The van der Waals surface area contributed by atoms with Crippen molar-refractivity contribution in [2.75, 3.05) is 13.7 Å². The van der Waals surface area contributed by atoms with Gasteiger partial charge in [-0.25, -0.2) is 10.3 Å². The topological polar surface area (TPSA) is 50.4 Å². The molecule has 0 aliphatic heterocycles. The third-order valence-corrected chi connectivity index (χ3v) is 4.98. The molecule has 0 aromatic rings. The fraction of sp³-hybridized carbons (Fsp3) is 0.923. The van der Waals surface area contributed by atoms with E-state index in [0.29, 0.717) is 5.41 Å². The molecule has 0 heterocycles. The smallest absolute Gasteiger partial charge is 0.336 e. The molecule has 0 radical (unpaired) electrons. The number of urea groups is 1. The van der Waals surface area contributed by atoms with Gasteiger partial charge in [-0.15, -0.1) is 0 Å². The molecule has 4 fully saturated rings. The summed E-state index contributed by atoms with van der Waals surface area (Å²) in [5.41, 5.74) is 2.73. The zero-order valence-electron chi connectivity index (χ0n) is 10.5. The number of amides is 2. The molecule has 4 heteroatoms. The second-order valence-corrected chi connectivity index (χ2v) is 6.41. The van der Waals surface area contributed by atoms with E-state index in [1.165, 1.54) is 45.6 Å². The maximum atomic E-state index is 11.4. The van der Waals surface area contributed by atoms with Gasteiger partial charge in [0.25, 0.3) is 0 Å². The van der Waals surface area contributed by atoms with Crippen LogP contribution in [0.3, 0.4) is 0 Å². The van der Waals surface area contributed by atoms with E-state index in [1.807, 2.05) is 0 Å². The van der Waals surface area contributed by atoms with Crippen LogP contribution >= 0.6 is 0 Å². The van der Waals surface area contributed by atoms with Crippen molar-refractivity contribution in [2.24, 2.45) is 23.2 Å². The number of hydrogen-bond acceptors (Lipinski definition) is 2. The predicted molar refractivity (Wildman–Crippen MR) is 64.1 cm³/mol. The van der Waals surface area contributed by atoms with E-state index in [2.05, 4.69) is 15.6 Å². The van der Waals surface area contributed by atoms with Gasteiger partial charge in [-0.05, 0) is 61.7 Å². The van der Waals surface area contributed by atoms with E-state index in [4.69, 9.17) is 0 Å². The number of hydroxylamine groups is 1. The molecule has 4 bridgehead atoms. The molecular formula is C13H22N2O2. The first-order valence-corrected chi connectivity index (χ1v) is 6.76. The Labute approximate surface area is 102 Å². The lowest BCUT2D eigenvalue weighted by Gasteiger charge is -2.56. The van der Waals surface area contributed by atoms with Crippen LogP contribution in [0, 0.1) is 23.2 Å². The van der Waals surface area contributed by atoms with Crippen LogP contribution in [0.25, 0.3) is 0 Å². The monoisotopic (exact) mass is 238 g/mol. The van der Waals surface area contributed by atoms with Crippen LogP contribution in [0.2, 0.25) is 0 Å². The summed E-state index contributed by atoms with van der Waals surface area (Å²) in [7, 11) is 1.46. The molecule has 2 N–H and O–H groups in total. The molecule has 17 heavy (non-hydrogen) atoms. The summed E-state index contributed by atoms with van der Waals surface area (Å²) < 4.78 is 0. The summed E-state index contributed by atoms with van der Waals surface area (Å²) in [6.07, 6.45) is 8.32. The molecule has 4 rings (SSSR count). The maximum absolute atomic E-state index is 11.4. The third kappa shape index (κ3) is 2.15. The highest BCUT2D eigenvalue weighted by Gasteiger charge is 2.50. The second kappa shape index (κ2) is 4.16. The average molecular weight is 238 g/mol. The summed E-state index contributed by atoms with van der Waals surface area (Å²) in [5, 5.41) is 2.97. The molecule has 0 saturated heterocycles. The quantitative estimate of drug-likeness (QED) is 0.739. The van der Waals surface area contributed by atoms with E-state index in [9.17, 15) is 4.79 Å². The average Bonchev–Trinajstić information content (AvgIpc) is 2.25. The first-order valence-electron chi connectivity index (χ1n) is 6.76. The van der Waals surface area contributed by atoms with Crippen LogP contribution in [-0.2, 0) is 4.84 Å². The Bertz CT molecular complexity index is 281. The lowest BCUT2D eigenvalue weighted by Crippen LogP contribution is -2.52. The molecular weight excluding hydrogens is 216 g/mol. The first-order chi connectivity index (χ1) is 8.19. The fourth-order valence-corrected chi connectivity index (χ4v) is 4.90. The van der Waals surface area contributed by atoms with Gasteiger partial charge in [0.05, 0.1) is 7.11 Å². The van der Waals surface area contributed by atoms with Gasteiger partial charge in [0.1, 0.15) is 0 Å². The van der Waals surface area contributed by atoms with Crippen molar-refractivity contribution >= 4 is 6.03 Å². The molecule has 4 nitrogen and oxygen atoms in total. The van der Waals surface area contributed by atoms with Crippen LogP contribution < -0.4 is 10.8 Å². The van der Waals surface area contributed by atoms with Crippen LogP contribution in [0.15, 0.2) is 0 Å². The van der Waals surface area contributed by atoms with Gasteiger partial charge in [0.15, 0.2) is 0 Å². The molecule has 4 saturated carbocycles. The SMILES string of the molecule is CONC(=O)NCC12CC3CC(CC(C3)C1)C2. The van der Waals surface area contributed by atoms with Crippen LogP contribution in [0.5, 0.6) is 0 Å². The highest BCUT2D eigenvalue weighted by atomic mass is 16.6. The lowest BCUT2D eigenvalue weighted by molar-refractivity contribution is -0.0503. The minimum absolute atomic E-state index is 0.205. The van der Waals surface area contributed by atoms with Gasteiger partial charge >= 0.3 is 6.03 Å². The normalized spacial score (nSPS) is 42.5. The molecule has 0 spiro atoms. The van der Waals surface area contributed by atoms with E-state index in [0.717, 1.165) is 24.3 Å². The Morgan fingerprint density at radius 3 is 2.18 bits per heavy atom. The Hall–Kier alpha value is -0.770. The van der Waals surface area contributed by atoms with Gasteiger partial charge in [-0.2, -0.15) is 0 Å². The number of carbonyl (C=O) groups is 1. The van der Waals surface area contributed by atoms with Gasteiger partial charge < -0.3 is 5.32 Å². The largest absolute Gasteiger partial charge is 0.338 e. The Morgan fingerprint density at radius 1 is 1.18 bits per heavy atom. The number of carbonyl (C=O) groups excluding carboxylic acids is 1. The predicted octanol–water partition coefficient (Wildman–Crippen LogP) is 2.06. The standard InChI is InChI=1S/C13H22N2O2/c1-17-15-12(16)14-8-13-5-9-2-10(6-13)4-11(3-9)7-13/h9-11H,2-8H2,1H3,(H2,14,15,16). The summed E-state index contributed by atoms with van der Waals surface area (Å²) >= 11 is 0. The zero-order valence-corrected chi connectivity index (χ0v) is 10.5. The van der Waals surface area contributed by atoms with E-state index >= 15 is 0 Å². The van der Waals surface area contributed by atoms with Crippen LogP contribution in [-0.4, -0.2) is 19.7 Å². The Balaban J connectivity index is 1.60. The molecule has 2 amide bonds. The molecule has 0 aromatic carbocycles. The number of hydrogen-bond donors (Lipinski definition) is 2. The summed E-state index contributed by atoms with van der Waals surface area (Å²) in [6, 6.07) is -0.205. The Kier molecular flexibility index (Phi) is 2.77. The van der Waals surface area contributed by atoms with Crippen molar-refractivity contribution in [3.8, 4) is 0 Å². The van der Waals surface area contributed by atoms with E-state index in [-0.39, 0.29) is 6.03 Å². The summed E-state index contributed by atoms with van der Waals surface area (Å²) in [6.45, 7) is 0.825. The van der Waals surface area contributed by atoms with Crippen LogP contribution in [0.1, 0.15) is 38.5 Å². The van der Waals surface area contributed by atoms with Crippen molar-refractivity contribution in [2.45, 2.75) is 38.5 Å². The Morgan fingerprint density at radius 2 is 1.71 bits per heavy atom. The van der Waals surface area contributed by atoms with Crippen molar-refractivity contribution in [3.63, 3.8) is 0 Å². The summed E-state index contributed by atoms with van der Waals surface area (Å²) in [4.78, 5) is 16.0. The minimum atomic E-state index is -0.205. The molecule has 0 aromatic heterocycles. The van der Waals surface area contributed by atoms with Crippen molar-refractivity contribution in [1.82, 2.24) is 10.8 Å². The maximum Gasteiger partial charge on any atom is 0.338 e. The molecule has 0 unspecified atom stereocenters. The third-order valence-electron chi connectivity index (χ3n) is 4.98. The first kappa shape index (κ1) is 11.3. The van der Waals surface area contributed by atoms with Crippen molar-refractivity contribution in [3.05, 3.63) is 0 Å². The second-order valence-electron chi connectivity index (χ2n) is 6.41. The van der Waals surface area contributed by atoms with Crippen molar-refractivity contribution in [1.29, 1.82) is 0 Å². The number of nitrogens with one attached hydrogen (secondary N) is 2. The molecule has 96 valence electrons. The fourth-order valence-electron chi connectivity index (χ4n) is 4.90. The van der Waals surface area contributed by atoms with Crippen molar-refractivity contribution < 1.29 is 9.63 Å². The molecule has 4 aliphatic carbocycles. The highest BCUT2D eigenvalue weighted by molar-refractivity contribution is 5.72. The highest BCUT2D eigenvalue weighted by Crippen LogP contribution is 2.59. The number of rotatable bonds is 3. The van der Waals surface area contributed by atoms with E-state index < -0.39 is 0 Å². The van der Waals surface area contributed by atoms with E-state index in [1.54, 1.807) is 0 Å². The van der Waals surface area contributed by atoms with Gasteiger partial charge in [0, 0.05) is 6.54 Å². The van der Waals surface area contributed by atoms with Gasteiger partial charge in [0.2, 0.25) is 0 Å². The van der Waals surface area contributed by atoms with Gasteiger partial charge in [-0.3, -0.25) is 4.84 Å². The summed E-state index contributed by atoms with van der Waals surface area (Å²) in [5.74, 6) is 2.82. The van der Waals surface area contributed by atoms with Gasteiger partial charge in [-0.1, -0.05) is 0 Å².